The molecule has 0 bridgehead atoms. The van der Waals surface area contributed by atoms with Crippen molar-refractivity contribution in [1.29, 1.82) is 0 Å². The summed E-state index contributed by atoms with van der Waals surface area (Å²) in [5.41, 5.74) is 8.96. The molecule has 0 saturated carbocycles. The van der Waals surface area contributed by atoms with Crippen molar-refractivity contribution in [3.8, 4) is 11.1 Å². The fourth-order valence-corrected chi connectivity index (χ4v) is 3.97. The van der Waals surface area contributed by atoms with Crippen LogP contribution in [0, 0.1) is 0 Å². The summed E-state index contributed by atoms with van der Waals surface area (Å²) in [6.45, 7) is 4.47. The van der Waals surface area contributed by atoms with Crippen LogP contribution in [0.1, 0.15) is 39.7 Å². The molecule has 0 nitrogen and oxygen atoms in total. The largest absolute Gasteiger partial charge is 1.00 e. The Hall–Kier alpha value is -0.0969. The van der Waals surface area contributed by atoms with Crippen LogP contribution in [0.4, 0.5) is 0 Å². The Labute approximate surface area is 149 Å². The van der Waals surface area contributed by atoms with Gasteiger partial charge in [-0.05, 0) is 0 Å². The molecule has 1 aliphatic rings. The molecule has 3 rings (SSSR count). The maximum absolute atomic E-state index is 2.42. The number of fused-ring (bicyclic) bond motifs is 3. The van der Waals surface area contributed by atoms with Crippen LogP contribution in [0.5, 0.6) is 0 Å². The number of hydrogen-bond donors (Lipinski definition) is 0. The van der Waals surface area contributed by atoms with Crippen LogP contribution in [0.15, 0.2) is 36.4 Å². The van der Waals surface area contributed by atoms with Crippen LogP contribution in [-0.4, -0.2) is 0 Å². The van der Waals surface area contributed by atoms with Gasteiger partial charge in [-0.15, -0.1) is 0 Å². The molecule has 0 heterocycles. The first-order chi connectivity index (χ1) is 8.74. The summed E-state index contributed by atoms with van der Waals surface area (Å²) < 4.78 is 0.639. The van der Waals surface area contributed by atoms with E-state index < -0.39 is 0 Å². The first-order valence-electron chi connectivity index (χ1n) is 6.71. The van der Waals surface area contributed by atoms with Gasteiger partial charge in [0.15, 0.2) is 0 Å². The summed E-state index contributed by atoms with van der Waals surface area (Å²) in [5.74, 6) is 0. The fourth-order valence-electron chi connectivity index (χ4n) is 2.80. The minimum atomic E-state index is 0. The smallest absolute Gasteiger partial charge is 1.00 e. The zero-order valence-electron chi connectivity index (χ0n) is 11.7. The zero-order valence-corrected chi connectivity index (χ0v) is 15.7. The molecule has 0 spiro atoms. The Balaban J connectivity index is 0.000001000. The molecule has 20 heavy (non-hydrogen) atoms. The second kappa shape index (κ2) is 7.25. The average Bonchev–Trinajstić information content (AvgIpc) is 2.71. The molecule has 103 valence electrons. The van der Waals surface area contributed by atoms with Crippen molar-refractivity contribution in [2.45, 2.75) is 30.3 Å². The fraction of sp³-hybridized carbons (Fsp3) is 0.294. The van der Waals surface area contributed by atoms with Crippen molar-refractivity contribution in [1.82, 2.24) is 0 Å². The third kappa shape index (κ3) is 2.91. The van der Waals surface area contributed by atoms with E-state index in [9.17, 15) is 0 Å². The predicted molar refractivity (Wildman–Crippen MR) is 72.5 cm³/mol. The molecule has 2 aromatic carbocycles. The van der Waals surface area contributed by atoms with E-state index in [0.717, 1.165) is 12.8 Å². The molecule has 0 aromatic heterocycles. The first kappa shape index (κ1) is 18.0. The Morgan fingerprint density at radius 3 is 1.55 bits per heavy atom. The van der Waals surface area contributed by atoms with E-state index in [0.29, 0.717) is 3.63 Å². The quantitative estimate of drug-likeness (QED) is 0.588. The summed E-state index contributed by atoms with van der Waals surface area (Å²) >= 11 is 1.60. The molecule has 0 amide bonds. The number of halogens is 2. The van der Waals surface area contributed by atoms with E-state index in [1.165, 1.54) is 22.3 Å². The van der Waals surface area contributed by atoms with Crippen molar-refractivity contribution in [2.24, 2.45) is 0 Å². The summed E-state index contributed by atoms with van der Waals surface area (Å²) in [4.78, 5) is 0. The standard InChI is InChI=1S/C17H17.2ClH.Zr/c1-3-12-5-7-16-14(9-12)11-15-10-13(4-2)6-8-17(15)16;;;/h5-11H,3-4H2,1-2H3;2*1H;/q;;;+2/p-2. The van der Waals surface area contributed by atoms with Gasteiger partial charge in [0.05, 0.1) is 0 Å². The first-order valence-corrected chi connectivity index (χ1v) is 8.13. The van der Waals surface area contributed by atoms with E-state index in [2.05, 4.69) is 50.2 Å². The Morgan fingerprint density at radius 2 is 1.20 bits per heavy atom. The van der Waals surface area contributed by atoms with Gasteiger partial charge >= 0.3 is 125 Å². The summed E-state index contributed by atoms with van der Waals surface area (Å²) in [5, 5.41) is 0. The van der Waals surface area contributed by atoms with Gasteiger partial charge in [0, 0.05) is 0 Å². The second-order valence-corrected chi connectivity index (χ2v) is 6.40. The van der Waals surface area contributed by atoms with E-state index in [1.807, 2.05) is 0 Å². The monoisotopic (exact) mass is 381 g/mol. The van der Waals surface area contributed by atoms with Crippen molar-refractivity contribution >= 4 is 0 Å². The van der Waals surface area contributed by atoms with Crippen LogP contribution < -0.4 is 24.8 Å². The number of hydrogen-bond acceptors (Lipinski definition) is 0. The Kier molecular flexibility index (Phi) is 6.51. The van der Waals surface area contributed by atoms with Gasteiger partial charge in [0.25, 0.3) is 0 Å². The molecular weight excluding hydrogens is 366 g/mol. The second-order valence-electron chi connectivity index (χ2n) is 4.98. The van der Waals surface area contributed by atoms with E-state index in [-0.39, 0.29) is 24.8 Å². The Bertz CT molecular complexity index is 554. The van der Waals surface area contributed by atoms with Crippen LogP contribution in [0.25, 0.3) is 11.1 Å². The molecule has 0 unspecified atom stereocenters. The number of rotatable bonds is 2. The normalized spacial score (nSPS) is 12.2. The predicted octanol–water partition coefficient (Wildman–Crippen LogP) is -1.56. The molecule has 0 aliphatic heterocycles. The third-order valence-corrected chi connectivity index (χ3v) is 5.49. The maximum atomic E-state index is 2.42. The third-order valence-electron chi connectivity index (χ3n) is 3.96. The van der Waals surface area contributed by atoms with Crippen molar-refractivity contribution < 1.29 is 49.5 Å². The minimum absolute atomic E-state index is 0. The molecule has 0 N–H and O–H groups in total. The molecule has 3 heteroatoms. The molecule has 1 aliphatic carbocycles. The average molecular weight is 383 g/mol. The van der Waals surface area contributed by atoms with E-state index >= 15 is 0 Å². The summed E-state index contributed by atoms with van der Waals surface area (Å²) in [7, 11) is 0. The van der Waals surface area contributed by atoms with Crippen LogP contribution in [0.2, 0.25) is 0 Å². The van der Waals surface area contributed by atoms with Crippen LogP contribution in [0.3, 0.4) is 0 Å². The topological polar surface area (TPSA) is 0 Å². The molecule has 0 atom stereocenters. The molecule has 0 fully saturated rings. The Morgan fingerprint density at radius 1 is 0.800 bits per heavy atom. The number of aryl methyl sites for hydroxylation is 2. The van der Waals surface area contributed by atoms with Crippen LogP contribution >= 0.6 is 0 Å². The molecular formula is C17H17Cl2Zr. The van der Waals surface area contributed by atoms with Gasteiger partial charge in [0.1, 0.15) is 0 Å². The van der Waals surface area contributed by atoms with Crippen molar-refractivity contribution in [2.75, 3.05) is 0 Å². The zero-order chi connectivity index (χ0) is 12.7. The van der Waals surface area contributed by atoms with Gasteiger partial charge in [0.2, 0.25) is 0 Å². The summed E-state index contributed by atoms with van der Waals surface area (Å²) in [6.07, 6.45) is 2.26. The van der Waals surface area contributed by atoms with Gasteiger partial charge in [-0.2, -0.15) is 0 Å². The SMILES string of the molecule is CCc1ccc2c(c1)[CH]([Zr+2])c1cc(CC)ccc1-2.[Cl-].[Cl-]. The maximum Gasteiger partial charge on any atom is -1.00 e. The van der Waals surface area contributed by atoms with E-state index in [1.54, 1.807) is 35.8 Å². The van der Waals surface area contributed by atoms with Gasteiger partial charge in [-0.1, -0.05) is 0 Å². The molecule has 0 radical (unpaired) electrons. The minimum Gasteiger partial charge on any atom is -1.00 e. The van der Waals surface area contributed by atoms with Gasteiger partial charge < -0.3 is 24.8 Å². The van der Waals surface area contributed by atoms with Crippen LogP contribution in [-0.2, 0) is 37.6 Å². The van der Waals surface area contributed by atoms with Gasteiger partial charge in [-0.3, -0.25) is 0 Å². The number of benzene rings is 2. The van der Waals surface area contributed by atoms with Crippen molar-refractivity contribution in [3.63, 3.8) is 0 Å². The summed E-state index contributed by atoms with van der Waals surface area (Å²) in [6, 6.07) is 14.0. The molecule has 2 aromatic rings. The molecule has 0 saturated heterocycles. The van der Waals surface area contributed by atoms with E-state index in [4.69, 9.17) is 0 Å². The van der Waals surface area contributed by atoms with Crippen molar-refractivity contribution in [3.05, 3.63) is 58.7 Å². The van der Waals surface area contributed by atoms with Gasteiger partial charge in [-0.25, -0.2) is 0 Å².